The van der Waals surface area contributed by atoms with E-state index in [1.54, 1.807) is 0 Å². The van der Waals surface area contributed by atoms with E-state index in [2.05, 4.69) is 0 Å². The average molecular weight is 220 g/mol. The second kappa shape index (κ2) is 4.26. The Morgan fingerprint density at radius 3 is 2.75 bits per heavy atom. The van der Waals surface area contributed by atoms with Crippen molar-refractivity contribution < 1.29 is 14.3 Å². The molecule has 3 heteroatoms. The molecule has 1 saturated heterocycles. The third-order valence-corrected chi connectivity index (χ3v) is 2.82. The molecule has 1 heterocycles. The number of carbonyl (C=O) groups excluding carboxylic acids is 1. The van der Waals surface area contributed by atoms with Gasteiger partial charge in [0.2, 0.25) is 0 Å². The Labute approximate surface area is 95.4 Å². The summed E-state index contributed by atoms with van der Waals surface area (Å²) in [6.45, 7) is 4.35. The Balaban J connectivity index is 2.01. The van der Waals surface area contributed by atoms with E-state index in [9.17, 15) is 4.79 Å². The van der Waals surface area contributed by atoms with Gasteiger partial charge in [0.25, 0.3) is 0 Å². The lowest BCUT2D eigenvalue weighted by Crippen LogP contribution is -2.19. The zero-order valence-electron chi connectivity index (χ0n) is 9.60. The summed E-state index contributed by atoms with van der Waals surface area (Å²) in [6.07, 6.45) is 0.391. The average Bonchev–Trinajstić information content (AvgIpc) is 3.01. The van der Waals surface area contributed by atoms with Crippen LogP contribution in [-0.4, -0.2) is 18.7 Å². The van der Waals surface area contributed by atoms with Gasteiger partial charge in [-0.15, -0.1) is 0 Å². The third kappa shape index (κ3) is 1.95. The van der Waals surface area contributed by atoms with Crippen LogP contribution in [0.3, 0.4) is 0 Å². The van der Waals surface area contributed by atoms with Crippen molar-refractivity contribution in [2.24, 2.45) is 0 Å². The summed E-state index contributed by atoms with van der Waals surface area (Å²) in [4.78, 5) is 11.6. The van der Waals surface area contributed by atoms with Crippen LogP contribution in [0.5, 0.6) is 0 Å². The van der Waals surface area contributed by atoms with Crippen LogP contribution in [0.25, 0.3) is 0 Å². The van der Waals surface area contributed by atoms with E-state index in [4.69, 9.17) is 9.47 Å². The third-order valence-electron chi connectivity index (χ3n) is 2.82. The van der Waals surface area contributed by atoms with E-state index in [0.29, 0.717) is 6.61 Å². The molecule has 0 radical (unpaired) electrons. The van der Waals surface area contributed by atoms with Crippen molar-refractivity contribution in [3.8, 4) is 0 Å². The summed E-state index contributed by atoms with van der Waals surface area (Å²) in [5.74, 6) is -0.256. The topological polar surface area (TPSA) is 38.8 Å². The lowest BCUT2D eigenvalue weighted by atomic mass is 9.97. The van der Waals surface area contributed by atoms with Gasteiger partial charge in [0.05, 0.1) is 6.61 Å². The fourth-order valence-electron chi connectivity index (χ4n) is 1.75. The zero-order chi connectivity index (χ0) is 11.6. The van der Waals surface area contributed by atoms with E-state index in [0.717, 1.165) is 12.0 Å². The van der Waals surface area contributed by atoms with Gasteiger partial charge in [-0.05, 0) is 18.9 Å². The molecule has 0 amide bonds. The van der Waals surface area contributed by atoms with Crippen LogP contribution in [-0.2, 0) is 19.9 Å². The molecule has 1 aromatic carbocycles. The number of benzene rings is 1. The van der Waals surface area contributed by atoms with Gasteiger partial charge < -0.3 is 9.47 Å². The van der Waals surface area contributed by atoms with Gasteiger partial charge in [0, 0.05) is 0 Å². The Morgan fingerprint density at radius 1 is 1.44 bits per heavy atom. The van der Waals surface area contributed by atoms with E-state index < -0.39 is 11.7 Å². The summed E-state index contributed by atoms with van der Waals surface area (Å²) in [7, 11) is 0. The molecule has 0 aromatic heterocycles. The molecule has 1 aliphatic rings. The molecule has 0 aliphatic carbocycles. The Morgan fingerprint density at radius 2 is 2.12 bits per heavy atom. The van der Waals surface area contributed by atoms with Gasteiger partial charge >= 0.3 is 5.97 Å². The molecule has 2 unspecified atom stereocenters. The van der Waals surface area contributed by atoms with Gasteiger partial charge in [-0.2, -0.15) is 0 Å². The van der Waals surface area contributed by atoms with E-state index in [1.807, 2.05) is 44.2 Å². The standard InChI is InChI=1S/C13H16O3/c1-3-9-15-12(14)11-13(2,16-11)10-7-5-4-6-8-10/h4-8,11H,3,9H2,1-2H3. The van der Waals surface area contributed by atoms with Crippen molar-refractivity contribution in [1.82, 2.24) is 0 Å². The second-order valence-corrected chi connectivity index (χ2v) is 4.14. The van der Waals surface area contributed by atoms with Gasteiger partial charge in [-0.3, -0.25) is 0 Å². The van der Waals surface area contributed by atoms with E-state index in [-0.39, 0.29) is 5.97 Å². The van der Waals surface area contributed by atoms with Crippen LogP contribution >= 0.6 is 0 Å². The Hall–Kier alpha value is -1.35. The van der Waals surface area contributed by atoms with Crippen LogP contribution < -0.4 is 0 Å². The monoisotopic (exact) mass is 220 g/mol. The molecule has 0 N–H and O–H groups in total. The van der Waals surface area contributed by atoms with E-state index >= 15 is 0 Å². The molecule has 2 atom stereocenters. The minimum atomic E-state index is -0.494. The number of hydrogen-bond donors (Lipinski definition) is 0. The molecule has 3 nitrogen and oxygen atoms in total. The Bertz CT molecular complexity index is 374. The molecule has 0 bridgehead atoms. The van der Waals surface area contributed by atoms with Crippen molar-refractivity contribution in [3.05, 3.63) is 35.9 Å². The maximum atomic E-state index is 11.6. The summed E-state index contributed by atoms with van der Waals surface area (Å²) >= 11 is 0. The number of esters is 1. The lowest BCUT2D eigenvalue weighted by molar-refractivity contribution is -0.145. The van der Waals surface area contributed by atoms with E-state index in [1.165, 1.54) is 0 Å². The first-order valence-corrected chi connectivity index (χ1v) is 5.58. The fourth-order valence-corrected chi connectivity index (χ4v) is 1.75. The molecule has 0 saturated carbocycles. The van der Waals surface area contributed by atoms with Crippen molar-refractivity contribution in [2.45, 2.75) is 32.0 Å². The van der Waals surface area contributed by atoms with Crippen LogP contribution in [0.2, 0.25) is 0 Å². The molecule has 1 fully saturated rings. The Kier molecular flexibility index (Phi) is 2.97. The molecule has 86 valence electrons. The summed E-state index contributed by atoms with van der Waals surface area (Å²) in [6, 6.07) is 9.76. The van der Waals surface area contributed by atoms with Crippen molar-refractivity contribution in [3.63, 3.8) is 0 Å². The summed E-state index contributed by atoms with van der Waals surface area (Å²) in [5.41, 5.74) is 0.528. The number of ether oxygens (including phenoxy) is 2. The van der Waals surface area contributed by atoms with Crippen LogP contribution in [0.1, 0.15) is 25.8 Å². The maximum Gasteiger partial charge on any atom is 0.338 e. The van der Waals surface area contributed by atoms with Gasteiger partial charge in [0.1, 0.15) is 5.60 Å². The SMILES string of the molecule is CCCOC(=O)C1OC1(C)c1ccccc1. The first-order valence-electron chi connectivity index (χ1n) is 5.58. The van der Waals surface area contributed by atoms with Crippen LogP contribution in [0.4, 0.5) is 0 Å². The number of epoxide rings is 1. The van der Waals surface area contributed by atoms with Crippen molar-refractivity contribution in [2.75, 3.05) is 6.61 Å². The maximum absolute atomic E-state index is 11.6. The molecule has 1 aliphatic heterocycles. The largest absolute Gasteiger partial charge is 0.464 e. The molecule has 1 aromatic rings. The van der Waals surface area contributed by atoms with Gasteiger partial charge in [-0.25, -0.2) is 4.79 Å². The molecule has 2 rings (SSSR count). The highest BCUT2D eigenvalue weighted by atomic mass is 16.7. The highest BCUT2D eigenvalue weighted by Crippen LogP contribution is 2.46. The zero-order valence-corrected chi connectivity index (χ0v) is 9.60. The predicted molar refractivity (Wildman–Crippen MR) is 59.9 cm³/mol. The summed E-state index contributed by atoms with van der Waals surface area (Å²) < 4.78 is 10.5. The van der Waals surface area contributed by atoms with Gasteiger partial charge in [0.15, 0.2) is 6.10 Å². The predicted octanol–water partition coefficient (Wildman–Crippen LogP) is 2.25. The quantitative estimate of drug-likeness (QED) is 0.577. The minimum Gasteiger partial charge on any atom is -0.464 e. The van der Waals surface area contributed by atoms with Crippen LogP contribution in [0.15, 0.2) is 30.3 Å². The molecule has 16 heavy (non-hydrogen) atoms. The van der Waals surface area contributed by atoms with Crippen molar-refractivity contribution >= 4 is 5.97 Å². The smallest absolute Gasteiger partial charge is 0.338 e. The van der Waals surface area contributed by atoms with Crippen molar-refractivity contribution in [1.29, 1.82) is 0 Å². The normalized spacial score (nSPS) is 27.5. The molecular weight excluding hydrogens is 204 g/mol. The fraction of sp³-hybridized carbons (Fsp3) is 0.462. The second-order valence-electron chi connectivity index (χ2n) is 4.14. The first-order chi connectivity index (χ1) is 7.68. The molecular formula is C13H16O3. The lowest BCUT2D eigenvalue weighted by Gasteiger charge is -2.06. The summed E-state index contributed by atoms with van der Waals surface area (Å²) in [5, 5.41) is 0. The first kappa shape index (κ1) is 11.1. The highest BCUT2D eigenvalue weighted by Gasteiger charge is 2.59. The number of carbonyl (C=O) groups is 1. The molecule has 0 spiro atoms. The van der Waals surface area contributed by atoms with Gasteiger partial charge in [-0.1, -0.05) is 37.3 Å². The highest BCUT2D eigenvalue weighted by molar-refractivity contribution is 5.79. The minimum absolute atomic E-state index is 0.256. The number of hydrogen-bond acceptors (Lipinski definition) is 3. The van der Waals surface area contributed by atoms with Crippen LogP contribution in [0, 0.1) is 0 Å². The number of rotatable bonds is 4.